The van der Waals surface area contributed by atoms with Gasteiger partial charge in [0.25, 0.3) is 0 Å². The second-order valence-corrected chi connectivity index (χ2v) is 4.48. The molecule has 0 aromatic heterocycles. The van der Waals surface area contributed by atoms with E-state index in [0.717, 1.165) is 32.4 Å². The normalized spacial score (nSPS) is 21.7. The van der Waals surface area contributed by atoms with Gasteiger partial charge in [0.1, 0.15) is 0 Å². The first-order chi connectivity index (χ1) is 7.11. The van der Waals surface area contributed by atoms with Gasteiger partial charge in [-0.25, -0.2) is 0 Å². The number of carbonyl (C=O) groups is 1. The van der Waals surface area contributed by atoms with E-state index >= 15 is 0 Å². The molecular formula is C11H23N3O. The maximum atomic E-state index is 11.7. The van der Waals surface area contributed by atoms with Crippen LogP contribution >= 0.6 is 0 Å². The third-order valence-electron chi connectivity index (χ3n) is 3.45. The largest absolute Gasteiger partial charge is 0.354 e. The van der Waals surface area contributed by atoms with Gasteiger partial charge in [-0.15, -0.1) is 0 Å². The molecule has 0 spiro atoms. The highest BCUT2D eigenvalue weighted by atomic mass is 16.1. The molecule has 0 radical (unpaired) electrons. The Labute approximate surface area is 92.0 Å². The van der Waals surface area contributed by atoms with Gasteiger partial charge in [0.05, 0.1) is 5.92 Å². The van der Waals surface area contributed by atoms with Crippen LogP contribution in [-0.4, -0.2) is 31.1 Å². The lowest BCUT2D eigenvalue weighted by atomic mass is 9.94. The Hall–Kier alpha value is -0.610. The molecule has 4 N–H and O–H groups in total. The highest BCUT2D eigenvalue weighted by molar-refractivity contribution is 5.79. The lowest BCUT2D eigenvalue weighted by Gasteiger charge is -2.27. The fourth-order valence-corrected chi connectivity index (χ4v) is 1.79. The van der Waals surface area contributed by atoms with E-state index in [1.165, 1.54) is 0 Å². The SMILES string of the molecule is CCC(N)(CC)CNC(=O)[C@@H]1CCNC1. The van der Waals surface area contributed by atoms with Crippen molar-refractivity contribution < 1.29 is 4.79 Å². The molecule has 1 saturated heterocycles. The van der Waals surface area contributed by atoms with Gasteiger partial charge in [-0.1, -0.05) is 13.8 Å². The molecule has 1 atom stereocenters. The highest BCUT2D eigenvalue weighted by Gasteiger charge is 2.25. The summed E-state index contributed by atoms with van der Waals surface area (Å²) in [4.78, 5) is 11.7. The van der Waals surface area contributed by atoms with Crippen LogP contribution in [0.3, 0.4) is 0 Å². The van der Waals surface area contributed by atoms with Crippen molar-refractivity contribution in [3.63, 3.8) is 0 Å². The third kappa shape index (κ3) is 3.47. The Morgan fingerprint density at radius 2 is 2.20 bits per heavy atom. The number of hydrogen-bond donors (Lipinski definition) is 3. The van der Waals surface area contributed by atoms with Crippen LogP contribution in [0.1, 0.15) is 33.1 Å². The summed E-state index contributed by atoms with van der Waals surface area (Å²) in [6, 6.07) is 0. The zero-order chi connectivity index (χ0) is 11.3. The first-order valence-electron chi connectivity index (χ1n) is 5.88. The molecule has 0 saturated carbocycles. The van der Waals surface area contributed by atoms with Crippen LogP contribution in [0.2, 0.25) is 0 Å². The maximum Gasteiger partial charge on any atom is 0.224 e. The first-order valence-corrected chi connectivity index (χ1v) is 5.88. The molecule has 1 rings (SSSR count). The molecule has 0 aromatic rings. The summed E-state index contributed by atoms with van der Waals surface area (Å²) in [6.45, 7) is 6.48. The summed E-state index contributed by atoms with van der Waals surface area (Å²) in [6.07, 6.45) is 2.74. The zero-order valence-electron chi connectivity index (χ0n) is 9.81. The number of nitrogens with two attached hydrogens (primary N) is 1. The summed E-state index contributed by atoms with van der Waals surface area (Å²) < 4.78 is 0. The van der Waals surface area contributed by atoms with E-state index in [1.807, 2.05) is 0 Å². The molecule has 1 amide bonds. The van der Waals surface area contributed by atoms with Crippen LogP contribution < -0.4 is 16.4 Å². The fraction of sp³-hybridized carbons (Fsp3) is 0.909. The topological polar surface area (TPSA) is 67.1 Å². The van der Waals surface area contributed by atoms with Crippen LogP contribution in [0.4, 0.5) is 0 Å². The Morgan fingerprint density at radius 1 is 1.53 bits per heavy atom. The molecular weight excluding hydrogens is 190 g/mol. The summed E-state index contributed by atoms with van der Waals surface area (Å²) in [5.41, 5.74) is 5.88. The molecule has 0 unspecified atom stereocenters. The van der Waals surface area contributed by atoms with Crippen molar-refractivity contribution in [1.82, 2.24) is 10.6 Å². The van der Waals surface area contributed by atoms with E-state index in [0.29, 0.717) is 6.54 Å². The minimum absolute atomic E-state index is 0.142. The molecule has 4 heteroatoms. The van der Waals surface area contributed by atoms with Crippen LogP contribution in [0, 0.1) is 5.92 Å². The van der Waals surface area contributed by atoms with E-state index < -0.39 is 0 Å². The summed E-state index contributed by atoms with van der Waals surface area (Å²) in [7, 11) is 0. The van der Waals surface area contributed by atoms with Gasteiger partial charge in [-0.05, 0) is 25.8 Å². The highest BCUT2D eigenvalue weighted by Crippen LogP contribution is 2.11. The van der Waals surface area contributed by atoms with Crippen molar-refractivity contribution in [2.75, 3.05) is 19.6 Å². The van der Waals surface area contributed by atoms with Gasteiger partial charge in [0, 0.05) is 18.6 Å². The van der Waals surface area contributed by atoms with Crippen molar-refractivity contribution in [2.24, 2.45) is 11.7 Å². The molecule has 0 bridgehead atoms. The van der Waals surface area contributed by atoms with E-state index in [2.05, 4.69) is 24.5 Å². The van der Waals surface area contributed by atoms with Gasteiger partial charge in [-0.2, -0.15) is 0 Å². The minimum Gasteiger partial charge on any atom is -0.354 e. The summed E-state index contributed by atoms with van der Waals surface area (Å²) >= 11 is 0. The molecule has 0 aliphatic carbocycles. The smallest absolute Gasteiger partial charge is 0.224 e. The predicted molar refractivity (Wildman–Crippen MR) is 61.5 cm³/mol. The van der Waals surface area contributed by atoms with Crippen LogP contribution in [0.25, 0.3) is 0 Å². The molecule has 1 aliphatic rings. The van der Waals surface area contributed by atoms with Gasteiger partial charge < -0.3 is 16.4 Å². The summed E-state index contributed by atoms with van der Waals surface area (Å²) in [5, 5.41) is 6.15. The molecule has 1 heterocycles. The first kappa shape index (κ1) is 12.5. The fourth-order valence-electron chi connectivity index (χ4n) is 1.79. The quantitative estimate of drug-likeness (QED) is 0.612. The van der Waals surface area contributed by atoms with Crippen molar-refractivity contribution in [3.8, 4) is 0 Å². The Kier molecular flexibility index (Phi) is 4.54. The average Bonchev–Trinajstić information content (AvgIpc) is 2.79. The van der Waals surface area contributed by atoms with Gasteiger partial charge in [0.15, 0.2) is 0 Å². The standard InChI is InChI=1S/C11H23N3O/c1-3-11(12,4-2)8-14-10(15)9-5-6-13-7-9/h9,13H,3-8,12H2,1-2H3,(H,14,15)/t9-/m1/s1. The van der Waals surface area contributed by atoms with Crippen molar-refractivity contribution in [1.29, 1.82) is 0 Å². The van der Waals surface area contributed by atoms with E-state index in [9.17, 15) is 4.79 Å². The van der Waals surface area contributed by atoms with Crippen molar-refractivity contribution >= 4 is 5.91 Å². The predicted octanol–water partition coefficient (Wildman–Crippen LogP) is 0.230. The molecule has 4 nitrogen and oxygen atoms in total. The number of rotatable bonds is 5. The molecule has 88 valence electrons. The molecule has 15 heavy (non-hydrogen) atoms. The van der Waals surface area contributed by atoms with Gasteiger partial charge in [0.2, 0.25) is 5.91 Å². The Balaban J connectivity index is 2.32. The monoisotopic (exact) mass is 213 g/mol. The summed E-state index contributed by atoms with van der Waals surface area (Å²) in [5.74, 6) is 0.291. The van der Waals surface area contributed by atoms with E-state index in [4.69, 9.17) is 5.73 Å². The van der Waals surface area contributed by atoms with Gasteiger partial charge >= 0.3 is 0 Å². The van der Waals surface area contributed by atoms with Crippen LogP contribution in [-0.2, 0) is 4.79 Å². The second-order valence-electron chi connectivity index (χ2n) is 4.48. The lowest BCUT2D eigenvalue weighted by Crippen LogP contribution is -2.50. The molecule has 1 aliphatic heterocycles. The van der Waals surface area contributed by atoms with Crippen LogP contribution in [0.5, 0.6) is 0 Å². The van der Waals surface area contributed by atoms with E-state index in [-0.39, 0.29) is 17.4 Å². The van der Waals surface area contributed by atoms with Crippen LogP contribution in [0.15, 0.2) is 0 Å². The number of hydrogen-bond acceptors (Lipinski definition) is 3. The zero-order valence-corrected chi connectivity index (χ0v) is 9.81. The van der Waals surface area contributed by atoms with Gasteiger partial charge in [-0.3, -0.25) is 4.79 Å². The number of nitrogens with one attached hydrogen (secondary N) is 2. The Morgan fingerprint density at radius 3 is 2.67 bits per heavy atom. The lowest BCUT2D eigenvalue weighted by molar-refractivity contribution is -0.124. The number of amides is 1. The second kappa shape index (κ2) is 5.47. The third-order valence-corrected chi connectivity index (χ3v) is 3.45. The minimum atomic E-state index is -0.234. The van der Waals surface area contributed by atoms with Crippen molar-refractivity contribution in [3.05, 3.63) is 0 Å². The molecule has 0 aromatic carbocycles. The van der Waals surface area contributed by atoms with Crippen molar-refractivity contribution in [2.45, 2.75) is 38.6 Å². The maximum absolute atomic E-state index is 11.7. The van der Waals surface area contributed by atoms with E-state index in [1.54, 1.807) is 0 Å². The Bertz CT molecular complexity index is 208. The number of carbonyl (C=O) groups excluding carboxylic acids is 1. The molecule has 1 fully saturated rings. The average molecular weight is 213 g/mol.